The van der Waals surface area contributed by atoms with E-state index in [-0.39, 0.29) is 17.7 Å². The molecule has 2 aromatic rings. The van der Waals surface area contributed by atoms with E-state index in [4.69, 9.17) is 0 Å². The first-order valence-corrected chi connectivity index (χ1v) is 7.13. The van der Waals surface area contributed by atoms with Crippen molar-refractivity contribution >= 4 is 34.1 Å². The van der Waals surface area contributed by atoms with Crippen molar-refractivity contribution in [1.29, 1.82) is 0 Å². The Bertz CT molecular complexity index is 737. The third-order valence-corrected chi connectivity index (χ3v) is 3.41. The molecule has 0 aromatic heterocycles. The second-order valence-electron chi connectivity index (χ2n) is 5.00. The first-order chi connectivity index (χ1) is 10.5. The van der Waals surface area contributed by atoms with Crippen molar-refractivity contribution in [2.45, 2.75) is 26.2 Å². The van der Waals surface area contributed by atoms with Gasteiger partial charge in [-0.1, -0.05) is 43.7 Å². The predicted octanol–water partition coefficient (Wildman–Crippen LogP) is 3.24. The fourth-order valence-corrected chi connectivity index (χ4v) is 2.22. The Balaban J connectivity index is 2.40. The van der Waals surface area contributed by atoms with Gasteiger partial charge >= 0.3 is 5.97 Å². The van der Waals surface area contributed by atoms with E-state index in [0.717, 1.165) is 11.8 Å². The number of hydrogen-bond donors (Lipinski definition) is 2. The molecule has 0 bridgehead atoms. The molecule has 114 valence electrons. The summed E-state index contributed by atoms with van der Waals surface area (Å²) >= 11 is 0. The van der Waals surface area contributed by atoms with Crippen LogP contribution in [-0.4, -0.2) is 22.8 Å². The number of hydrogen-bond acceptors (Lipinski definition) is 3. The molecule has 0 fully saturated rings. The first-order valence-electron chi connectivity index (χ1n) is 7.13. The van der Waals surface area contributed by atoms with Gasteiger partial charge < -0.3 is 10.4 Å². The Morgan fingerprint density at radius 2 is 1.82 bits per heavy atom. The summed E-state index contributed by atoms with van der Waals surface area (Å²) in [5.74, 6) is -2.46. The number of carboxylic acid groups (broad SMARTS) is 1. The second kappa shape index (κ2) is 6.85. The lowest BCUT2D eigenvalue weighted by Crippen LogP contribution is -2.24. The van der Waals surface area contributed by atoms with Gasteiger partial charge in [-0.25, -0.2) is 4.79 Å². The van der Waals surface area contributed by atoms with Crippen LogP contribution in [-0.2, 0) is 9.59 Å². The maximum Gasteiger partial charge on any atom is 0.337 e. The topological polar surface area (TPSA) is 83.5 Å². The Labute approximate surface area is 127 Å². The van der Waals surface area contributed by atoms with Crippen molar-refractivity contribution in [3.63, 3.8) is 0 Å². The molecule has 0 heterocycles. The van der Waals surface area contributed by atoms with E-state index < -0.39 is 17.7 Å². The van der Waals surface area contributed by atoms with E-state index in [1.807, 2.05) is 19.1 Å². The number of aromatic carboxylic acids is 1. The molecule has 0 aliphatic heterocycles. The van der Waals surface area contributed by atoms with E-state index in [9.17, 15) is 19.5 Å². The van der Waals surface area contributed by atoms with Gasteiger partial charge in [0.15, 0.2) is 0 Å². The van der Waals surface area contributed by atoms with Crippen molar-refractivity contribution in [3.8, 4) is 0 Å². The minimum atomic E-state index is -1.15. The average molecular weight is 299 g/mol. The summed E-state index contributed by atoms with van der Waals surface area (Å²) < 4.78 is 0. The maximum atomic E-state index is 12.0. The monoisotopic (exact) mass is 299 g/mol. The molecule has 2 N–H and O–H groups in total. The lowest BCUT2D eigenvalue weighted by Gasteiger charge is -2.11. The number of fused-ring (bicyclic) bond motifs is 1. The zero-order valence-corrected chi connectivity index (χ0v) is 12.3. The number of Topliss-reactive ketones (excluding diaryl/α,β-unsaturated/α-hetero) is 1. The lowest BCUT2D eigenvalue weighted by molar-refractivity contribution is -0.134. The number of amides is 1. The number of nitrogens with one attached hydrogen (secondary N) is 1. The van der Waals surface area contributed by atoms with E-state index in [1.54, 1.807) is 18.2 Å². The normalized spacial score (nSPS) is 10.4. The molecule has 0 atom stereocenters. The Hall–Kier alpha value is -2.69. The fraction of sp³-hybridized carbons (Fsp3) is 0.235. The highest BCUT2D eigenvalue weighted by atomic mass is 16.4. The molecule has 0 radical (unpaired) electrons. The van der Waals surface area contributed by atoms with Crippen LogP contribution in [0.15, 0.2) is 36.4 Å². The number of rotatable bonds is 6. The van der Waals surface area contributed by atoms with Crippen LogP contribution in [0.1, 0.15) is 36.5 Å². The Morgan fingerprint density at radius 3 is 2.50 bits per heavy atom. The SMILES string of the molecule is CCCCC(=O)C(=O)Nc1c(C(=O)O)ccc2ccccc12. The van der Waals surface area contributed by atoms with E-state index >= 15 is 0 Å². The highest BCUT2D eigenvalue weighted by Crippen LogP contribution is 2.27. The molecule has 1 amide bonds. The van der Waals surface area contributed by atoms with Crippen molar-refractivity contribution in [3.05, 3.63) is 42.0 Å². The summed E-state index contributed by atoms with van der Waals surface area (Å²) in [7, 11) is 0. The van der Waals surface area contributed by atoms with Crippen LogP contribution in [0.2, 0.25) is 0 Å². The summed E-state index contributed by atoms with van der Waals surface area (Å²) in [6, 6.07) is 10.2. The van der Waals surface area contributed by atoms with E-state index in [1.165, 1.54) is 6.07 Å². The van der Waals surface area contributed by atoms with Gasteiger partial charge in [0.05, 0.1) is 11.3 Å². The first kappa shape index (κ1) is 15.7. The predicted molar refractivity (Wildman–Crippen MR) is 84.1 cm³/mol. The second-order valence-corrected chi connectivity index (χ2v) is 5.00. The van der Waals surface area contributed by atoms with Crippen LogP contribution in [0.3, 0.4) is 0 Å². The minimum Gasteiger partial charge on any atom is -0.478 e. The number of benzene rings is 2. The summed E-state index contributed by atoms with van der Waals surface area (Å²) in [6.07, 6.45) is 1.61. The smallest absolute Gasteiger partial charge is 0.337 e. The Morgan fingerprint density at radius 1 is 1.09 bits per heavy atom. The van der Waals surface area contributed by atoms with Crippen LogP contribution in [0, 0.1) is 0 Å². The molecule has 2 rings (SSSR count). The molecule has 0 saturated carbocycles. The van der Waals surface area contributed by atoms with Gasteiger partial charge in [0.1, 0.15) is 0 Å². The van der Waals surface area contributed by atoms with E-state index in [2.05, 4.69) is 5.32 Å². The zero-order valence-electron chi connectivity index (χ0n) is 12.3. The Kier molecular flexibility index (Phi) is 4.88. The fourth-order valence-electron chi connectivity index (χ4n) is 2.22. The van der Waals surface area contributed by atoms with Gasteiger partial charge in [-0.05, 0) is 17.9 Å². The van der Waals surface area contributed by atoms with Crippen LogP contribution < -0.4 is 5.32 Å². The van der Waals surface area contributed by atoms with Crippen LogP contribution in [0.25, 0.3) is 10.8 Å². The summed E-state index contributed by atoms with van der Waals surface area (Å²) in [5, 5.41) is 13.1. The molecule has 0 aliphatic rings. The molecule has 0 aliphatic carbocycles. The van der Waals surface area contributed by atoms with Crippen LogP contribution in [0.5, 0.6) is 0 Å². The molecule has 22 heavy (non-hydrogen) atoms. The maximum absolute atomic E-state index is 12.0. The highest BCUT2D eigenvalue weighted by Gasteiger charge is 2.19. The standard InChI is InChI=1S/C17H17NO4/c1-2-3-8-14(19)16(20)18-15-12-7-5-4-6-11(12)9-10-13(15)17(21)22/h4-7,9-10H,2-3,8H2,1H3,(H,18,20)(H,21,22). The van der Waals surface area contributed by atoms with Gasteiger partial charge in [0, 0.05) is 11.8 Å². The number of ketones is 1. The van der Waals surface area contributed by atoms with Crippen molar-refractivity contribution in [2.75, 3.05) is 5.32 Å². The van der Waals surface area contributed by atoms with E-state index in [0.29, 0.717) is 11.8 Å². The van der Waals surface area contributed by atoms with Crippen molar-refractivity contribution in [2.24, 2.45) is 0 Å². The van der Waals surface area contributed by atoms with Gasteiger partial charge in [-0.3, -0.25) is 9.59 Å². The van der Waals surface area contributed by atoms with Crippen LogP contribution in [0.4, 0.5) is 5.69 Å². The number of carbonyl (C=O) groups is 3. The van der Waals surface area contributed by atoms with Gasteiger partial charge in [-0.2, -0.15) is 0 Å². The molecular weight excluding hydrogens is 282 g/mol. The number of unbranched alkanes of at least 4 members (excludes halogenated alkanes) is 1. The molecule has 5 heteroatoms. The zero-order chi connectivity index (χ0) is 16.1. The van der Waals surface area contributed by atoms with Crippen LogP contribution >= 0.6 is 0 Å². The molecule has 5 nitrogen and oxygen atoms in total. The molecule has 0 spiro atoms. The van der Waals surface area contributed by atoms with Crippen molar-refractivity contribution in [1.82, 2.24) is 0 Å². The number of carbonyl (C=O) groups excluding carboxylic acids is 2. The molecular formula is C17H17NO4. The largest absolute Gasteiger partial charge is 0.478 e. The molecule has 0 saturated heterocycles. The summed E-state index contributed by atoms with van der Waals surface area (Å²) in [5.41, 5.74) is 0.135. The van der Waals surface area contributed by atoms with Crippen molar-refractivity contribution < 1.29 is 19.5 Å². The minimum absolute atomic E-state index is 0.0321. The van der Waals surface area contributed by atoms with Gasteiger partial charge in [-0.15, -0.1) is 0 Å². The van der Waals surface area contributed by atoms with Gasteiger partial charge in [0.2, 0.25) is 5.78 Å². The summed E-state index contributed by atoms with van der Waals surface area (Å²) in [6.45, 7) is 1.93. The third kappa shape index (κ3) is 3.31. The average Bonchev–Trinajstić information content (AvgIpc) is 2.52. The highest BCUT2D eigenvalue weighted by molar-refractivity contribution is 6.41. The summed E-state index contributed by atoms with van der Waals surface area (Å²) in [4.78, 5) is 35.1. The lowest BCUT2D eigenvalue weighted by atomic mass is 10.0. The van der Waals surface area contributed by atoms with Gasteiger partial charge in [0.25, 0.3) is 5.91 Å². The third-order valence-electron chi connectivity index (χ3n) is 3.41. The molecule has 0 unspecified atom stereocenters. The number of carboxylic acids is 1. The molecule has 2 aromatic carbocycles. The number of anilines is 1. The quantitative estimate of drug-likeness (QED) is 0.802.